The van der Waals surface area contributed by atoms with Crippen molar-refractivity contribution in [1.29, 1.82) is 0 Å². The summed E-state index contributed by atoms with van der Waals surface area (Å²) in [6.45, 7) is 3.55. The van der Waals surface area contributed by atoms with Crippen molar-refractivity contribution >= 4 is 17.3 Å². The fourth-order valence-electron chi connectivity index (χ4n) is 1.39. The second-order valence-electron chi connectivity index (χ2n) is 4.74. The van der Waals surface area contributed by atoms with Crippen LogP contribution in [-0.2, 0) is 11.3 Å². The Morgan fingerprint density at radius 3 is 2.89 bits per heavy atom. The molecule has 6 nitrogen and oxygen atoms in total. The maximum absolute atomic E-state index is 11.1. The van der Waals surface area contributed by atoms with Gasteiger partial charge in [-0.1, -0.05) is 5.16 Å². The molecule has 0 atom stereocenters. The van der Waals surface area contributed by atoms with Gasteiger partial charge in [0.05, 0.1) is 6.54 Å². The van der Waals surface area contributed by atoms with Crippen molar-refractivity contribution in [2.75, 3.05) is 7.05 Å². The number of likely N-dealkylation sites (N-methyl/N-ethyl adjacent to an activating group) is 1. The van der Waals surface area contributed by atoms with Gasteiger partial charge in [0.2, 0.25) is 11.7 Å². The van der Waals surface area contributed by atoms with Crippen LogP contribution in [0.1, 0.15) is 19.7 Å². The summed E-state index contributed by atoms with van der Waals surface area (Å²) in [4.78, 5) is 17.1. The number of hydrogen-bond donors (Lipinski definition) is 1. The molecule has 2 aromatic rings. The number of nitrogens with zero attached hydrogens (tertiary/aromatic N) is 3. The van der Waals surface area contributed by atoms with E-state index < -0.39 is 11.5 Å². The maximum Gasteiger partial charge on any atom is 0.323 e. The van der Waals surface area contributed by atoms with Crippen molar-refractivity contribution in [3.63, 3.8) is 0 Å². The molecular formula is C12H15N3O3S. The SMILES string of the molecule is CN(Cc1nc(-c2ccsc2)no1)C(C)(C)C(=O)O. The Balaban J connectivity index is 2.11. The number of thiophene rings is 1. The van der Waals surface area contributed by atoms with Crippen molar-refractivity contribution in [1.82, 2.24) is 15.0 Å². The van der Waals surface area contributed by atoms with Crippen molar-refractivity contribution in [3.05, 3.63) is 22.7 Å². The van der Waals surface area contributed by atoms with Crippen LogP contribution in [0.2, 0.25) is 0 Å². The Hall–Kier alpha value is -1.73. The van der Waals surface area contributed by atoms with Crippen LogP contribution in [0.3, 0.4) is 0 Å². The molecule has 0 saturated heterocycles. The summed E-state index contributed by atoms with van der Waals surface area (Å²) < 4.78 is 5.14. The fraction of sp³-hybridized carbons (Fsp3) is 0.417. The molecule has 7 heteroatoms. The van der Waals surface area contributed by atoms with Gasteiger partial charge < -0.3 is 9.63 Å². The normalized spacial score (nSPS) is 12.0. The highest BCUT2D eigenvalue weighted by Gasteiger charge is 2.32. The molecule has 0 radical (unpaired) electrons. The third-order valence-electron chi connectivity index (χ3n) is 3.10. The molecule has 0 amide bonds. The molecule has 0 aliphatic rings. The van der Waals surface area contributed by atoms with Crippen LogP contribution in [0.25, 0.3) is 11.4 Å². The van der Waals surface area contributed by atoms with Crippen molar-refractivity contribution < 1.29 is 14.4 Å². The molecule has 102 valence electrons. The smallest absolute Gasteiger partial charge is 0.323 e. The minimum atomic E-state index is -0.989. The summed E-state index contributed by atoms with van der Waals surface area (Å²) in [7, 11) is 1.71. The minimum Gasteiger partial charge on any atom is -0.480 e. The largest absolute Gasteiger partial charge is 0.480 e. The third kappa shape index (κ3) is 2.82. The molecule has 2 heterocycles. The molecule has 0 unspecified atom stereocenters. The Kier molecular flexibility index (Phi) is 3.68. The van der Waals surface area contributed by atoms with Crippen LogP contribution in [0, 0.1) is 0 Å². The summed E-state index contributed by atoms with van der Waals surface area (Å²) in [6.07, 6.45) is 0. The lowest BCUT2D eigenvalue weighted by atomic mass is 10.0. The topological polar surface area (TPSA) is 79.5 Å². The first kappa shape index (κ1) is 13.7. The highest BCUT2D eigenvalue weighted by atomic mass is 32.1. The zero-order chi connectivity index (χ0) is 14.0. The summed E-state index contributed by atoms with van der Waals surface area (Å²) in [6, 6.07) is 1.91. The molecule has 2 rings (SSSR count). The lowest BCUT2D eigenvalue weighted by molar-refractivity contribution is -0.149. The summed E-state index contributed by atoms with van der Waals surface area (Å²) in [5.74, 6) is 0.0309. The van der Waals surface area contributed by atoms with Gasteiger partial charge in [0.1, 0.15) is 5.54 Å². The van der Waals surface area contributed by atoms with E-state index in [9.17, 15) is 4.79 Å². The van der Waals surface area contributed by atoms with Gasteiger partial charge in [-0.2, -0.15) is 16.3 Å². The number of hydrogen-bond acceptors (Lipinski definition) is 6. The summed E-state index contributed by atoms with van der Waals surface area (Å²) in [5.41, 5.74) is -0.0862. The summed E-state index contributed by atoms with van der Waals surface area (Å²) in [5, 5.41) is 16.9. The molecule has 0 fully saturated rings. The van der Waals surface area contributed by atoms with Gasteiger partial charge >= 0.3 is 5.97 Å². The second kappa shape index (κ2) is 5.10. The van der Waals surface area contributed by atoms with E-state index in [1.807, 2.05) is 16.8 Å². The molecule has 0 saturated carbocycles. The van der Waals surface area contributed by atoms with E-state index in [4.69, 9.17) is 9.63 Å². The van der Waals surface area contributed by atoms with Gasteiger partial charge in [0.15, 0.2) is 0 Å². The zero-order valence-electron chi connectivity index (χ0n) is 11.0. The van der Waals surface area contributed by atoms with E-state index >= 15 is 0 Å². The van der Waals surface area contributed by atoms with Gasteiger partial charge in [0, 0.05) is 10.9 Å². The quantitative estimate of drug-likeness (QED) is 0.904. The Morgan fingerprint density at radius 2 is 2.32 bits per heavy atom. The highest BCUT2D eigenvalue weighted by molar-refractivity contribution is 7.08. The van der Waals surface area contributed by atoms with E-state index in [1.54, 1.807) is 37.1 Å². The monoisotopic (exact) mass is 281 g/mol. The third-order valence-corrected chi connectivity index (χ3v) is 3.78. The predicted molar refractivity (Wildman–Crippen MR) is 70.8 cm³/mol. The average molecular weight is 281 g/mol. The minimum absolute atomic E-state index is 0.288. The highest BCUT2D eigenvalue weighted by Crippen LogP contribution is 2.20. The van der Waals surface area contributed by atoms with E-state index in [1.165, 1.54) is 0 Å². The van der Waals surface area contributed by atoms with Crippen molar-refractivity contribution in [2.45, 2.75) is 25.9 Å². The van der Waals surface area contributed by atoms with Gasteiger partial charge in [-0.05, 0) is 32.3 Å². The Bertz CT molecular complexity index is 563. The lowest BCUT2D eigenvalue weighted by Gasteiger charge is -2.29. The first-order valence-corrected chi connectivity index (χ1v) is 6.65. The predicted octanol–water partition coefficient (Wildman–Crippen LogP) is 2.09. The number of aliphatic carboxylic acids is 1. The first-order valence-electron chi connectivity index (χ1n) is 5.71. The first-order chi connectivity index (χ1) is 8.91. The number of carboxylic acids is 1. The van der Waals surface area contributed by atoms with Crippen LogP contribution in [0.15, 0.2) is 21.3 Å². The fourth-order valence-corrected chi connectivity index (χ4v) is 2.03. The zero-order valence-corrected chi connectivity index (χ0v) is 11.8. The maximum atomic E-state index is 11.1. The standard InChI is InChI=1S/C12H15N3O3S/c1-12(2,11(16)17)15(3)6-9-13-10(14-18-9)8-4-5-19-7-8/h4-5,7H,6H2,1-3H3,(H,16,17). The van der Waals surface area contributed by atoms with Gasteiger partial charge in [0.25, 0.3) is 0 Å². The van der Waals surface area contributed by atoms with Gasteiger partial charge in [-0.25, -0.2) is 0 Å². The molecule has 1 N–H and O–H groups in total. The molecule has 2 aromatic heterocycles. The van der Waals surface area contributed by atoms with E-state index in [-0.39, 0.29) is 6.54 Å². The van der Waals surface area contributed by atoms with E-state index in [0.29, 0.717) is 11.7 Å². The molecule has 0 bridgehead atoms. The molecule has 0 aliphatic carbocycles. The van der Waals surface area contributed by atoms with Crippen LogP contribution >= 0.6 is 11.3 Å². The summed E-state index contributed by atoms with van der Waals surface area (Å²) >= 11 is 1.56. The number of carboxylic acid groups (broad SMARTS) is 1. The molecule has 0 spiro atoms. The van der Waals surface area contributed by atoms with E-state index in [0.717, 1.165) is 5.56 Å². The van der Waals surface area contributed by atoms with Crippen molar-refractivity contribution in [3.8, 4) is 11.4 Å². The van der Waals surface area contributed by atoms with Crippen LogP contribution in [0.4, 0.5) is 0 Å². The molecule has 19 heavy (non-hydrogen) atoms. The van der Waals surface area contributed by atoms with Gasteiger partial charge in [-0.15, -0.1) is 0 Å². The van der Waals surface area contributed by atoms with E-state index in [2.05, 4.69) is 10.1 Å². The van der Waals surface area contributed by atoms with Crippen LogP contribution < -0.4 is 0 Å². The van der Waals surface area contributed by atoms with Crippen LogP contribution in [0.5, 0.6) is 0 Å². The Morgan fingerprint density at radius 1 is 1.58 bits per heavy atom. The number of rotatable bonds is 5. The number of aromatic nitrogens is 2. The van der Waals surface area contributed by atoms with Crippen LogP contribution in [-0.4, -0.2) is 38.7 Å². The van der Waals surface area contributed by atoms with Crippen molar-refractivity contribution in [2.24, 2.45) is 0 Å². The second-order valence-corrected chi connectivity index (χ2v) is 5.52. The van der Waals surface area contributed by atoms with Gasteiger partial charge in [-0.3, -0.25) is 9.69 Å². The molecule has 0 aliphatic heterocycles. The lowest BCUT2D eigenvalue weighted by Crippen LogP contribution is -2.47. The number of carbonyl (C=O) groups is 1. The average Bonchev–Trinajstić information content (AvgIpc) is 2.97. The molecular weight excluding hydrogens is 266 g/mol. The Labute approximate surface area is 114 Å². The molecule has 0 aromatic carbocycles.